The molecule has 0 fully saturated rings. The summed E-state index contributed by atoms with van der Waals surface area (Å²) in [6, 6.07) is 17.9. The maximum absolute atomic E-state index is 12.4. The molecule has 0 spiro atoms. The smallest absolute Gasteiger partial charge is 0.234 e. The van der Waals surface area contributed by atoms with Crippen LogP contribution in [0.2, 0.25) is 0 Å². The number of nitriles is 1. The number of carbonyl (C=O) groups is 2. The SMILES string of the molecule is Cc1ccccc1NC(=O)CSC1=C(C#N)[C@H](c2ccc(C(C)C)cc2)CC(=O)N1. The first-order valence-corrected chi connectivity index (χ1v) is 10.9. The summed E-state index contributed by atoms with van der Waals surface area (Å²) >= 11 is 1.19. The molecule has 2 aromatic carbocycles. The second-order valence-corrected chi connectivity index (χ2v) is 8.62. The molecule has 2 amide bonds. The van der Waals surface area contributed by atoms with Crippen molar-refractivity contribution in [2.24, 2.45) is 0 Å². The predicted molar refractivity (Wildman–Crippen MR) is 121 cm³/mol. The van der Waals surface area contributed by atoms with E-state index in [0.29, 0.717) is 16.5 Å². The number of aryl methyl sites for hydroxylation is 1. The lowest BCUT2D eigenvalue weighted by Crippen LogP contribution is -2.31. The molecule has 2 N–H and O–H groups in total. The highest BCUT2D eigenvalue weighted by Gasteiger charge is 2.30. The third kappa shape index (κ3) is 5.11. The minimum absolute atomic E-state index is 0.105. The minimum atomic E-state index is -0.299. The van der Waals surface area contributed by atoms with Crippen molar-refractivity contribution in [1.82, 2.24) is 5.32 Å². The Labute approximate surface area is 181 Å². The molecule has 6 heteroatoms. The summed E-state index contributed by atoms with van der Waals surface area (Å²) < 4.78 is 0. The topological polar surface area (TPSA) is 82.0 Å². The summed E-state index contributed by atoms with van der Waals surface area (Å²) in [4.78, 5) is 24.7. The molecule has 1 atom stereocenters. The van der Waals surface area contributed by atoms with Gasteiger partial charge in [0.1, 0.15) is 0 Å². The minimum Gasteiger partial charge on any atom is -0.325 e. The van der Waals surface area contributed by atoms with E-state index in [1.54, 1.807) is 0 Å². The standard InChI is InChI=1S/C24H25N3O2S/c1-15(2)17-8-10-18(11-9-17)19-12-22(28)27-24(20(19)13-25)30-14-23(29)26-21-7-5-4-6-16(21)3/h4-11,15,19H,12,14H2,1-3H3,(H,26,29)(H,27,28)/t19-/m0/s1. The molecular weight excluding hydrogens is 394 g/mol. The number of rotatable bonds is 6. The van der Waals surface area contributed by atoms with Crippen molar-refractivity contribution in [3.05, 3.63) is 75.8 Å². The second kappa shape index (κ2) is 9.64. The third-order valence-corrected chi connectivity index (χ3v) is 6.15. The van der Waals surface area contributed by atoms with Gasteiger partial charge in [0.05, 0.1) is 22.4 Å². The van der Waals surface area contributed by atoms with Crippen LogP contribution in [0.1, 0.15) is 48.8 Å². The van der Waals surface area contributed by atoms with Crippen LogP contribution in [0.5, 0.6) is 0 Å². The zero-order valence-corrected chi connectivity index (χ0v) is 18.2. The van der Waals surface area contributed by atoms with E-state index >= 15 is 0 Å². The molecule has 0 bridgehead atoms. The molecule has 0 saturated carbocycles. The number of hydrogen-bond donors (Lipinski definition) is 2. The number of para-hydroxylation sites is 1. The fraction of sp³-hybridized carbons (Fsp3) is 0.292. The van der Waals surface area contributed by atoms with Gasteiger partial charge in [0.25, 0.3) is 0 Å². The maximum atomic E-state index is 12.4. The van der Waals surface area contributed by atoms with Gasteiger partial charge in [-0.05, 0) is 35.6 Å². The Hall–Kier alpha value is -3.04. The number of benzene rings is 2. The number of hydrogen-bond acceptors (Lipinski definition) is 4. The first-order chi connectivity index (χ1) is 14.4. The Bertz CT molecular complexity index is 1020. The molecule has 3 rings (SSSR count). The number of anilines is 1. The van der Waals surface area contributed by atoms with E-state index in [4.69, 9.17) is 0 Å². The molecule has 0 saturated heterocycles. The Kier molecular flexibility index (Phi) is 6.96. The lowest BCUT2D eigenvalue weighted by Gasteiger charge is -2.25. The zero-order chi connectivity index (χ0) is 21.7. The Morgan fingerprint density at radius 3 is 2.57 bits per heavy atom. The molecule has 30 heavy (non-hydrogen) atoms. The van der Waals surface area contributed by atoms with Gasteiger partial charge in [-0.1, -0.05) is 68.1 Å². The van der Waals surface area contributed by atoms with Gasteiger partial charge in [-0.2, -0.15) is 5.26 Å². The molecule has 0 unspecified atom stereocenters. The van der Waals surface area contributed by atoms with Crippen LogP contribution in [0.4, 0.5) is 5.69 Å². The summed E-state index contributed by atoms with van der Waals surface area (Å²) in [7, 11) is 0. The maximum Gasteiger partial charge on any atom is 0.234 e. The van der Waals surface area contributed by atoms with Gasteiger partial charge < -0.3 is 10.6 Å². The Morgan fingerprint density at radius 2 is 1.93 bits per heavy atom. The van der Waals surface area contributed by atoms with E-state index in [2.05, 4.69) is 30.6 Å². The largest absolute Gasteiger partial charge is 0.325 e. The quantitative estimate of drug-likeness (QED) is 0.703. The molecule has 1 heterocycles. The Morgan fingerprint density at radius 1 is 1.23 bits per heavy atom. The summed E-state index contributed by atoms with van der Waals surface area (Å²) in [5.41, 5.74) is 4.38. The van der Waals surface area contributed by atoms with E-state index in [-0.39, 0.29) is 29.9 Å². The molecule has 0 aromatic heterocycles. The number of nitrogens with zero attached hydrogens (tertiary/aromatic N) is 1. The average molecular weight is 420 g/mol. The lowest BCUT2D eigenvalue weighted by atomic mass is 9.86. The fourth-order valence-electron chi connectivity index (χ4n) is 3.37. The van der Waals surface area contributed by atoms with Gasteiger partial charge >= 0.3 is 0 Å². The van der Waals surface area contributed by atoms with E-state index in [9.17, 15) is 14.9 Å². The molecule has 154 valence electrons. The van der Waals surface area contributed by atoms with Crippen molar-refractivity contribution in [3.8, 4) is 6.07 Å². The number of carbonyl (C=O) groups excluding carboxylic acids is 2. The highest BCUT2D eigenvalue weighted by molar-refractivity contribution is 8.03. The molecule has 1 aliphatic heterocycles. The van der Waals surface area contributed by atoms with Crippen LogP contribution >= 0.6 is 11.8 Å². The van der Waals surface area contributed by atoms with Crippen LogP contribution < -0.4 is 10.6 Å². The molecule has 2 aromatic rings. The number of nitrogens with one attached hydrogen (secondary N) is 2. The Balaban J connectivity index is 1.76. The van der Waals surface area contributed by atoms with E-state index < -0.39 is 0 Å². The number of amides is 2. The van der Waals surface area contributed by atoms with Crippen LogP contribution in [0.3, 0.4) is 0 Å². The fourth-order valence-corrected chi connectivity index (χ4v) is 4.25. The van der Waals surface area contributed by atoms with Crippen LogP contribution in [-0.4, -0.2) is 17.6 Å². The molecule has 0 radical (unpaired) electrons. The van der Waals surface area contributed by atoms with Crippen molar-refractivity contribution < 1.29 is 9.59 Å². The molecular formula is C24H25N3O2S. The highest BCUT2D eigenvalue weighted by Crippen LogP contribution is 2.36. The second-order valence-electron chi connectivity index (χ2n) is 7.63. The van der Waals surface area contributed by atoms with Crippen LogP contribution in [0, 0.1) is 18.3 Å². The van der Waals surface area contributed by atoms with Crippen LogP contribution in [0.25, 0.3) is 0 Å². The molecule has 0 aliphatic carbocycles. The number of allylic oxidation sites excluding steroid dienone is 1. The van der Waals surface area contributed by atoms with E-state index in [1.807, 2.05) is 55.5 Å². The molecule has 5 nitrogen and oxygen atoms in total. The van der Waals surface area contributed by atoms with Crippen molar-refractivity contribution in [1.29, 1.82) is 5.26 Å². The van der Waals surface area contributed by atoms with Crippen molar-refractivity contribution in [3.63, 3.8) is 0 Å². The van der Waals surface area contributed by atoms with Gasteiger partial charge in [-0.15, -0.1) is 0 Å². The number of thioether (sulfide) groups is 1. The predicted octanol–water partition coefficient (Wildman–Crippen LogP) is 4.83. The van der Waals surface area contributed by atoms with Gasteiger partial charge in [0, 0.05) is 18.0 Å². The third-order valence-electron chi connectivity index (χ3n) is 5.13. The highest BCUT2D eigenvalue weighted by atomic mass is 32.2. The monoisotopic (exact) mass is 419 g/mol. The zero-order valence-electron chi connectivity index (χ0n) is 17.4. The van der Waals surface area contributed by atoms with E-state index in [1.165, 1.54) is 17.3 Å². The van der Waals surface area contributed by atoms with Crippen molar-refractivity contribution in [2.45, 2.75) is 39.0 Å². The van der Waals surface area contributed by atoms with E-state index in [0.717, 1.165) is 16.8 Å². The van der Waals surface area contributed by atoms with Gasteiger partial charge in [-0.3, -0.25) is 9.59 Å². The van der Waals surface area contributed by atoms with Crippen LogP contribution in [-0.2, 0) is 9.59 Å². The average Bonchev–Trinajstić information content (AvgIpc) is 2.73. The van der Waals surface area contributed by atoms with Crippen LogP contribution in [0.15, 0.2) is 59.1 Å². The van der Waals surface area contributed by atoms with Gasteiger partial charge in [0.2, 0.25) is 11.8 Å². The van der Waals surface area contributed by atoms with Gasteiger partial charge in [0.15, 0.2) is 0 Å². The van der Waals surface area contributed by atoms with Crippen molar-refractivity contribution >= 4 is 29.3 Å². The lowest BCUT2D eigenvalue weighted by molar-refractivity contribution is -0.121. The van der Waals surface area contributed by atoms with Gasteiger partial charge in [-0.25, -0.2) is 0 Å². The first-order valence-electron chi connectivity index (χ1n) is 9.91. The summed E-state index contributed by atoms with van der Waals surface area (Å²) in [5, 5.41) is 15.9. The van der Waals surface area contributed by atoms with Crippen molar-refractivity contribution in [2.75, 3.05) is 11.1 Å². The summed E-state index contributed by atoms with van der Waals surface area (Å²) in [6.07, 6.45) is 0.226. The normalized spacial score (nSPS) is 16.2. The summed E-state index contributed by atoms with van der Waals surface area (Å²) in [5.74, 6) is -0.108. The summed E-state index contributed by atoms with van der Waals surface area (Å²) in [6.45, 7) is 6.18. The molecule has 1 aliphatic rings. The first kappa shape index (κ1) is 21.7.